The number of nitrogens with one attached hydrogen (secondary N) is 2. The average Bonchev–Trinajstić information content (AvgIpc) is 3.44. The first-order valence-corrected chi connectivity index (χ1v) is 13.4. The summed E-state index contributed by atoms with van der Waals surface area (Å²) >= 11 is 0. The van der Waals surface area contributed by atoms with Crippen molar-refractivity contribution in [2.24, 2.45) is 4.99 Å². The molecule has 0 spiro atoms. The van der Waals surface area contributed by atoms with Gasteiger partial charge in [0, 0.05) is 42.2 Å². The number of carbonyl (C=O) groups is 2. The van der Waals surface area contributed by atoms with Crippen LogP contribution in [-0.2, 0) is 22.2 Å². The number of aliphatic imine (C=N–C) groups is 1. The van der Waals surface area contributed by atoms with Gasteiger partial charge in [0.05, 0.1) is 16.9 Å². The molecule has 0 aliphatic heterocycles. The third kappa shape index (κ3) is 7.73. The molecule has 0 saturated carbocycles. The molecule has 1 heterocycles. The van der Waals surface area contributed by atoms with E-state index in [2.05, 4.69) is 22.3 Å². The molecule has 43 heavy (non-hydrogen) atoms. The van der Waals surface area contributed by atoms with Gasteiger partial charge in [0.1, 0.15) is 0 Å². The van der Waals surface area contributed by atoms with Gasteiger partial charge in [0.25, 0.3) is 5.91 Å². The van der Waals surface area contributed by atoms with Crippen LogP contribution in [-0.4, -0.2) is 35.4 Å². The monoisotopic (exact) mass is 585 g/mol. The van der Waals surface area contributed by atoms with E-state index in [1.54, 1.807) is 42.9 Å². The fourth-order valence-electron chi connectivity index (χ4n) is 4.34. The smallest absolute Gasteiger partial charge is 0.359 e. The van der Waals surface area contributed by atoms with Gasteiger partial charge in [-0.1, -0.05) is 42.5 Å². The van der Waals surface area contributed by atoms with Gasteiger partial charge in [-0.15, -0.1) is 0 Å². The minimum absolute atomic E-state index is 0.103. The van der Waals surface area contributed by atoms with E-state index in [1.807, 2.05) is 42.5 Å². The first-order chi connectivity index (χ1) is 20.6. The molecule has 4 aromatic rings. The number of rotatable bonds is 10. The maximum absolute atomic E-state index is 12.9. The zero-order valence-electron chi connectivity index (χ0n) is 23.7. The zero-order valence-corrected chi connectivity index (χ0v) is 23.7. The number of allylic oxidation sites excluding steroid dienone is 1. The number of aryl methyl sites for hydroxylation is 1. The molecule has 7 nitrogen and oxygen atoms in total. The van der Waals surface area contributed by atoms with E-state index in [-0.39, 0.29) is 18.2 Å². The molecule has 0 radical (unpaired) electrons. The van der Waals surface area contributed by atoms with E-state index in [0.717, 1.165) is 34.6 Å². The molecular formula is C33H30F3N5O2. The number of benzene rings is 3. The third-order valence-corrected chi connectivity index (χ3v) is 6.70. The summed E-state index contributed by atoms with van der Waals surface area (Å²) in [6, 6.07) is 21.5. The van der Waals surface area contributed by atoms with Gasteiger partial charge in [-0.05, 0) is 79.7 Å². The summed E-state index contributed by atoms with van der Waals surface area (Å²) < 4.78 is 40.6. The summed E-state index contributed by atoms with van der Waals surface area (Å²) in [5, 5.41) is 10.3. The summed E-state index contributed by atoms with van der Waals surface area (Å²) in [6.45, 7) is 5.13. The van der Waals surface area contributed by atoms with Crippen LogP contribution in [0, 0.1) is 0 Å². The van der Waals surface area contributed by atoms with Crippen molar-refractivity contribution >= 4 is 24.2 Å². The summed E-state index contributed by atoms with van der Waals surface area (Å²) in [5.74, 6) is -0.392. The lowest BCUT2D eigenvalue weighted by Crippen LogP contribution is -2.18. The molecule has 0 atom stereocenters. The van der Waals surface area contributed by atoms with Crippen molar-refractivity contribution < 1.29 is 22.8 Å². The summed E-state index contributed by atoms with van der Waals surface area (Å²) in [7, 11) is 1.58. The Labute approximate surface area is 247 Å². The lowest BCUT2D eigenvalue weighted by Gasteiger charge is -2.10. The Balaban J connectivity index is 1.59. The summed E-state index contributed by atoms with van der Waals surface area (Å²) in [4.78, 5) is 28.2. The first-order valence-electron chi connectivity index (χ1n) is 13.4. The molecule has 1 aromatic heterocycles. The number of nitrogens with zero attached hydrogens (tertiary/aromatic N) is 3. The Morgan fingerprint density at radius 1 is 0.953 bits per heavy atom. The van der Waals surface area contributed by atoms with E-state index < -0.39 is 11.7 Å². The fourth-order valence-corrected chi connectivity index (χ4v) is 4.34. The topological polar surface area (TPSA) is 88.4 Å². The second-order valence-corrected chi connectivity index (χ2v) is 9.50. The van der Waals surface area contributed by atoms with Crippen molar-refractivity contribution in [2.75, 3.05) is 12.4 Å². The maximum atomic E-state index is 12.9. The van der Waals surface area contributed by atoms with Crippen molar-refractivity contribution in [2.45, 2.75) is 25.9 Å². The van der Waals surface area contributed by atoms with Crippen LogP contribution >= 0.6 is 0 Å². The van der Waals surface area contributed by atoms with Gasteiger partial charge in [-0.3, -0.25) is 14.6 Å². The highest BCUT2D eigenvalue weighted by molar-refractivity contribution is 6.05. The number of hydrogen-bond donors (Lipinski definition) is 2. The van der Waals surface area contributed by atoms with Gasteiger partial charge in [0.15, 0.2) is 0 Å². The highest BCUT2D eigenvalue weighted by Crippen LogP contribution is 2.32. The molecule has 0 aliphatic carbocycles. The lowest BCUT2D eigenvalue weighted by molar-refractivity contribution is -0.137. The number of alkyl halides is 3. The van der Waals surface area contributed by atoms with Crippen LogP contribution in [0.3, 0.4) is 0 Å². The highest BCUT2D eigenvalue weighted by Gasteiger charge is 2.30. The molecule has 0 fully saturated rings. The Morgan fingerprint density at radius 2 is 1.56 bits per heavy atom. The van der Waals surface area contributed by atoms with Crippen LogP contribution in [0.1, 0.15) is 24.6 Å². The molecule has 2 amide bonds. The SMILES string of the molecule is C=NC=CC(=CC)C(=O)Nc1ccc(-n2nc(-c3ccc(-c4ccc(C(F)(F)F)cc4)cc3)cc2CCC(=O)NC)cc1. The second kappa shape index (κ2) is 13.6. The number of anilines is 1. The van der Waals surface area contributed by atoms with Crippen molar-refractivity contribution in [3.8, 4) is 28.1 Å². The van der Waals surface area contributed by atoms with E-state index in [1.165, 1.54) is 18.3 Å². The van der Waals surface area contributed by atoms with Crippen molar-refractivity contribution in [3.05, 3.63) is 114 Å². The molecule has 10 heteroatoms. The Hall–Kier alpha value is -5.25. The number of carbonyl (C=O) groups excluding carboxylic acids is 2. The van der Waals surface area contributed by atoms with Crippen LogP contribution in [0.4, 0.5) is 18.9 Å². The van der Waals surface area contributed by atoms with E-state index in [4.69, 9.17) is 5.10 Å². The molecular weight excluding hydrogens is 555 g/mol. The Kier molecular flexibility index (Phi) is 9.72. The van der Waals surface area contributed by atoms with Crippen molar-refractivity contribution in [3.63, 3.8) is 0 Å². The maximum Gasteiger partial charge on any atom is 0.416 e. The predicted molar refractivity (Wildman–Crippen MR) is 163 cm³/mol. The largest absolute Gasteiger partial charge is 0.416 e. The molecule has 0 unspecified atom stereocenters. The van der Waals surface area contributed by atoms with Crippen LogP contribution in [0.25, 0.3) is 28.1 Å². The van der Waals surface area contributed by atoms with Crippen LogP contribution in [0.15, 0.2) is 108 Å². The first kappa shape index (κ1) is 30.7. The predicted octanol–water partition coefficient (Wildman–Crippen LogP) is 7.00. The Morgan fingerprint density at radius 3 is 2.12 bits per heavy atom. The van der Waals surface area contributed by atoms with Gasteiger partial charge >= 0.3 is 6.18 Å². The molecule has 0 aliphatic rings. The molecule has 3 aromatic carbocycles. The highest BCUT2D eigenvalue weighted by atomic mass is 19.4. The van der Waals surface area contributed by atoms with Crippen LogP contribution < -0.4 is 10.6 Å². The van der Waals surface area contributed by atoms with Crippen molar-refractivity contribution in [1.82, 2.24) is 15.1 Å². The number of amides is 2. The minimum atomic E-state index is -4.39. The third-order valence-electron chi connectivity index (χ3n) is 6.70. The standard InChI is InChI=1S/C33H30F3N5O2/c1-4-22(19-20-37-2)32(43)39-27-13-15-28(16-14-27)41-29(17-18-31(42)38-3)21-30(40-41)25-7-5-23(6-8-25)24-9-11-26(12-10-24)33(34,35)36/h4-16,19-21H,2,17-18H2,1,3H3,(H,38,42)(H,39,43). The van der Waals surface area contributed by atoms with E-state index in [9.17, 15) is 22.8 Å². The fraction of sp³-hybridized carbons (Fsp3) is 0.152. The quantitative estimate of drug-likeness (QED) is 0.119. The number of halogens is 3. The molecule has 0 saturated heterocycles. The zero-order chi connectivity index (χ0) is 31.0. The molecule has 0 bridgehead atoms. The molecule has 2 N–H and O–H groups in total. The minimum Gasteiger partial charge on any atom is -0.359 e. The summed E-state index contributed by atoms with van der Waals surface area (Å²) in [5.41, 5.74) is 4.79. The average molecular weight is 586 g/mol. The van der Waals surface area contributed by atoms with E-state index in [0.29, 0.717) is 28.9 Å². The van der Waals surface area contributed by atoms with Gasteiger partial charge in [-0.2, -0.15) is 18.3 Å². The van der Waals surface area contributed by atoms with Crippen LogP contribution in [0.5, 0.6) is 0 Å². The van der Waals surface area contributed by atoms with Crippen LogP contribution in [0.2, 0.25) is 0 Å². The Bertz CT molecular complexity index is 1650. The van der Waals surface area contributed by atoms with Gasteiger partial charge in [-0.25, -0.2) is 4.68 Å². The summed E-state index contributed by atoms with van der Waals surface area (Å²) in [6.07, 6.45) is 0.991. The number of hydrogen-bond acceptors (Lipinski definition) is 4. The van der Waals surface area contributed by atoms with Gasteiger partial charge < -0.3 is 10.6 Å². The normalized spacial score (nSPS) is 11.9. The van der Waals surface area contributed by atoms with Gasteiger partial charge in [0.2, 0.25) is 5.91 Å². The lowest BCUT2D eigenvalue weighted by atomic mass is 10.0. The number of aromatic nitrogens is 2. The molecule has 220 valence electrons. The molecule has 4 rings (SSSR count). The van der Waals surface area contributed by atoms with Crippen molar-refractivity contribution in [1.29, 1.82) is 0 Å². The van der Waals surface area contributed by atoms with E-state index >= 15 is 0 Å². The second-order valence-electron chi connectivity index (χ2n) is 9.50.